The van der Waals surface area contributed by atoms with Crippen LogP contribution in [0.4, 0.5) is 0 Å². The molecule has 1 fully saturated rings. The normalized spacial score (nSPS) is 18.4. The van der Waals surface area contributed by atoms with Crippen LogP contribution in [0.3, 0.4) is 0 Å². The van der Waals surface area contributed by atoms with Gasteiger partial charge in [0.25, 0.3) is 0 Å². The van der Waals surface area contributed by atoms with Crippen LogP contribution in [0.15, 0.2) is 17.2 Å². The Bertz CT molecular complexity index is 1170. The molecular weight excluding hydrogens is 392 g/mol. The zero-order valence-corrected chi connectivity index (χ0v) is 17.4. The van der Waals surface area contributed by atoms with Crippen LogP contribution >= 0.6 is 0 Å². The summed E-state index contributed by atoms with van der Waals surface area (Å²) in [6, 6.07) is 1.50. The summed E-state index contributed by atoms with van der Waals surface area (Å²) in [5.74, 6) is -2.67. The van der Waals surface area contributed by atoms with Gasteiger partial charge in [0, 0.05) is 42.3 Å². The molecule has 8 heteroatoms. The molecule has 1 saturated carbocycles. The zero-order valence-electron chi connectivity index (χ0n) is 16.6. The fraction of sp³-hybridized carbons (Fsp3) is 0.429. The maximum atomic E-state index is 13.2. The number of rotatable bonds is 3. The summed E-state index contributed by atoms with van der Waals surface area (Å²) >= 11 is 0. The Morgan fingerprint density at radius 1 is 1.21 bits per heavy atom. The fourth-order valence-corrected chi connectivity index (χ4v) is 6.28. The Labute approximate surface area is 169 Å². The predicted molar refractivity (Wildman–Crippen MR) is 105 cm³/mol. The number of benzene rings is 1. The molecule has 0 bridgehead atoms. The molecule has 0 radical (unpaired) electrons. The fourth-order valence-electron chi connectivity index (χ4n) is 4.40. The monoisotopic (exact) mass is 414 g/mol. The number of carbonyl (C=O) groups excluding carboxylic acids is 3. The molecule has 1 aliphatic heterocycles. The van der Waals surface area contributed by atoms with Crippen LogP contribution in [-0.4, -0.2) is 35.5 Å². The van der Waals surface area contributed by atoms with Gasteiger partial charge in [-0.2, -0.15) is 5.10 Å². The topological polar surface area (TPSA) is 103 Å². The lowest BCUT2D eigenvalue weighted by Crippen LogP contribution is -2.35. The van der Waals surface area contributed by atoms with Gasteiger partial charge in [0.05, 0.1) is 16.3 Å². The highest BCUT2D eigenvalue weighted by atomic mass is 32.2. The van der Waals surface area contributed by atoms with E-state index in [2.05, 4.69) is 5.10 Å². The lowest BCUT2D eigenvalue weighted by molar-refractivity contribution is -0.133. The molecule has 0 N–H and O–H groups in total. The number of hydrogen-bond donors (Lipinski definition) is 0. The molecule has 4 rings (SSSR count). The summed E-state index contributed by atoms with van der Waals surface area (Å²) < 4.78 is 27.6. The Morgan fingerprint density at radius 3 is 2.48 bits per heavy atom. The molecule has 1 aliphatic carbocycles. The first-order valence-electron chi connectivity index (χ1n) is 9.69. The van der Waals surface area contributed by atoms with Crippen molar-refractivity contribution in [1.82, 2.24) is 9.78 Å². The van der Waals surface area contributed by atoms with Gasteiger partial charge in [-0.3, -0.25) is 19.1 Å². The van der Waals surface area contributed by atoms with E-state index in [-0.39, 0.29) is 40.6 Å². The van der Waals surface area contributed by atoms with E-state index in [1.165, 1.54) is 6.07 Å². The molecule has 152 valence electrons. The summed E-state index contributed by atoms with van der Waals surface area (Å²) in [6.07, 6.45) is 2.61. The molecule has 1 aromatic heterocycles. The maximum absolute atomic E-state index is 13.2. The van der Waals surface area contributed by atoms with Crippen LogP contribution in [0.2, 0.25) is 0 Å². The highest BCUT2D eigenvalue weighted by Crippen LogP contribution is 2.42. The van der Waals surface area contributed by atoms with E-state index in [1.807, 2.05) is 6.92 Å². The van der Waals surface area contributed by atoms with E-state index in [1.54, 1.807) is 24.7 Å². The van der Waals surface area contributed by atoms with Crippen LogP contribution < -0.4 is 0 Å². The molecule has 0 spiro atoms. The van der Waals surface area contributed by atoms with Gasteiger partial charge in [-0.25, -0.2) is 8.42 Å². The summed E-state index contributed by atoms with van der Waals surface area (Å²) in [7, 11) is -3.59. The minimum Gasteiger partial charge on any atom is -0.298 e. The first-order valence-corrected chi connectivity index (χ1v) is 11.3. The summed E-state index contributed by atoms with van der Waals surface area (Å²) in [5.41, 5.74) is 2.67. The highest BCUT2D eigenvalue weighted by Gasteiger charge is 2.40. The number of nitrogens with zero attached hydrogens (tertiary/aromatic N) is 2. The molecule has 2 aliphatic rings. The van der Waals surface area contributed by atoms with Crippen molar-refractivity contribution in [3.8, 4) is 11.3 Å². The maximum Gasteiger partial charge on any atom is 0.183 e. The lowest BCUT2D eigenvalue weighted by atomic mass is 9.79. The van der Waals surface area contributed by atoms with Gasteiger partial charge in [0.2, 0.25) is 0 Å². The predicted octanol–water partition coefficient (Wildman–Crippen LogP) is 2.60. The molecule has 2 aromatic rings. The number of ketones is 3. The SMILES string of the molecule is CCn1cc2c(n1)-c1c(C)c(C(=O)C3C(=O)CCCC3=O)cc(C)c1S(=O)(=O)C2. The van der Waals surface area contributed by atoms with E-state index in [9.17, 15) is 22.8 Å². The molecule has 7 nitrogen and oxygen atoms in total. The van der Waals surface area contributed by atoms with Crippen molar-refractivity contribution >= 4 is 27.2 Å². The first kappa shape index (κ1) is 19.7. The van der Waals surface area contributed by atoms with Gasteiger partial charge in [-0.05, 0) is 44.4 Å². The molecule has 0 amide bonds. The van der Waals surface area contributed by atoms with Crippen molar-refractivity contribution < 1.29 is 22.8 Å². The van der Waals surface area contributed by atoms with E-state index >= 15 is 0 Å². The van der Waals surface area contributed by atoms with Gasteiger partial charge in [-0.15, -0.1) is 0 Å². The first-order chi connectivity index (χ1) is 13.7. The largest absolute Gasteiger partial charge is 0.298 e. The van der Waals surface area contributed by atoms with Crippen LogP contribution in [-0.2, 0) is 31.7 Å². The Morgan fingerprint density at radius 2 is 1.86 bits per heavy atom. The number of aromatic nitrogens is 2. The molecule has 29 heavy (non-hydrogen) atoms. The average molecular weight is 414 g/mol. The summed E-state index contributed by atoms with van der Waals surface area (Å²) in [4.78, 5) is 38.0. The third kappa shape index (κ3) is 2.97. The quantitative estimate of drug-likeness (QED) is 0.565. The number of sulfone groups is 1. The van der Waals surface area contributed by atoms with Gasteiger partial charge < -0.3 is 0 Å². The van der Waals surface area contributed by atoms with Crippen molar-refractivity contribution in [2.45, 2.75) is 57.2 Å². The zero-order chi connectivity index (χ0) is 21.1. The van der Waals surface area contributed by atoms with Gasteiger partial charge >= 0.3 is 0 Å². The molecule has 0 unspecified atom stereocenters. The highest BCUT2D eigenvalue weighted by molar-refractivity contribution is 7.91. The Kier molecular flexibility index (Phi) is 4.57. The lowest BCUT2D eigenvalue weighted by Gasteiger charge is -2.24. The van der Waals surface area contributed by atoms with Crippen molar-refractivity contribution in [2.24, 2.45) is 5.92 Å². The van der Waals surface area contributed by atoms with Crippen LogP contribution in [0.25, 0.3) is 11.3 Å². The smallest absolute Gasteiger partial charge is 0.183 e. The Hall–Kier alpha value is -2.61. The summed E-state index contributed by atoms with van der Waals surface area (Å²) in [5, 5.41) is 4.53. The average Bonchev–Trinajstić information content (AvgIpc) is 3.05. The van der Waals surface area contributed by atoms with Crippen molar-refractivity contribution in [1.29, 1.82) is 0 Å². The van der Waals surface area contributed by atoms with Crippen molar-refractivity contribution in [2.75, 3.05) is 0 Å². The third-order valence-electron chi connectivity index (χ3n) is 5.80. The van der Waals surface area contributed by atoms with Crippen LogP contribution in [0, 0.1) is 19.8 Å². The minimum atomic E-state index is -3.59. The molecular formula is C21H22N2O5S. The van der Waals surface area contributed by atoms with E-state index < -0.39 is 21.5 Å². The number of Topliss-reactive ketones (excluding diaryl/α,β-unsaturated/α-hetero) is 3. The van der Waals surface area contributed by atoms with Gasteiger partial charge in [-0.1, -0.05) is 0 Å². The number of carbonyl (C=O) groups is 3. The van der Waals surface area contributed by atoms with E-state index in [4.69, 9.17) is 0 Å². The molecule has 1 aromatic carbocycles. The summed E-state index contributed by atoms with van der Waals surface area (Å²) in [6.45, 7) is 5.80. The standard InChI is InChI=1S/C21H22N2O5S/c1-4-23-9-13-10-29(27,28)21-11(2)8-14(12(3)17(21)19(13)22-23)20(26)18-15(24)6-5-7-16(18)25/h8-9,18H,4-7,10H2,1-3H3. The van der Waals surface area contributed by atoms with Gasteiger partial charge in [0.15, 0.2) is 27.2 Å². The van der Waals surface area contributed by atoms with Crippen LogP contribution in [0.5, 0.6) is 0 Å². The van der Waals surface area contributed by atoms with Gasteiger partial charge in [0.1, 0.15) is 5.92 Å². The number of aryl methyl sites for hydroxylation is 2. The second-order valence-corrected chi connectivity index (χ2v) is 9.70. The van der Waals surface area contributed by atoms with Crippen LogP contribution in [0.1, 0.15) is 53.2 Å². The minimum absolute atomic E-state index is 0.136. The van der Waals surface area contributed by atoms with Crippen molar-refractivity contribution in [3.63, 3.8) is 0 Å². The molecule has 0 atom stereocenters. The molecule has 2 heterocycles. The number of hydrogen-bond acceptors (Lipinski definition) is 6. The Balaban J connectivity index is 1.96. The second-order valence-electron chi connectivity index (χ2n) is 7.77. The number of fused-ring (bicyclic) bond motifs is 3. The molecule has 0 saturated heterocycles. The van der Waals surface area contributed by atoms with Crippen molar-refractivity contribution in [3.05, 3.63) is 34.5 Å². The third-order valence-corrected chi connectivity index (χ3v) is 7.64. The van der Waals surface area contributed by atoms with E-state index in [0.29, 0.717) is 40.9 Å². The second kappa shape index (κ2) is 6.73. The van der Waals surface area contributed by atoms with E-state index in [0.717, 1.165) is 0 Å².